The SMILES string of the molecule is Cc1nc(SCC(=O)N2CCOCC2)c2cc(-c3ccccc3)sc2n1. The fourth-order valence-corrected chi connectivity index (χ4v) is 4.98. The van der Waals surface area contributed by atoms with E-state index in [1.807, 2.05) is 30.0 Å². The number of thiophene rings is 1. The highest BCUT2D eigenvalue weighted by atomic mass is 32.2. The van der Waals surface area contributed by atoms with E-state index in [-0.39, 0.29) is 5.91 Å². The first-order chi connectivity index (χ1) is 12.7. The number of amides is 1. The zero-order chi connectivity index (χ0) is 17.9. The smallest absolute Gasteiger partial charge is 0.233 e. The summed E-state index contributed by atoms with van der Waals surface area (Å²) in [7, 11) is 0. The van der Waals surface area contributed by atoms with Crippen LogP contribution in [-0.2, 0) is 9.53 Å². The maximum Gasteiger partial charge on any atom is 0.233 e. The summed E-state index contributed by atoms with van der Waals surface area (Å²) in [5, 5.41) is 1.91. The van der Waals surface area contributed by atoms with Crippen molar-refractivity contribution in [2.75, 3.05) is 32.1 Å². The van der Waals surface area contributed by atoms with Crippen molar-refractivity contribution in [2.45, 2.75) is 11.9 Å². The molecule has 0 aliphatic carbocycles. The highest BCUT2D eigenvalue weighted by Gasteiger charge is 2.18. The van der Waals surface area contributed by atoms with Gasteiger partial charge in [0.1, 0.15) is 15.7 Å². The number of carbonyl (C=O) groups excluding carboxylic acids is 1. The molecule has 2 aromatic heterocycles. The summed E-state index contributed by atoms with van der Waals surface area (Å²) in [6.45, 7) is 4.49. The van der Waals surface area contributed by atoms with E-state index in [1.54, 1.807) is 11.3 Å². The van der Waals surface area contributed by atoms with Crippen molar-refractivity contribution in [2.24, 2.45) is 0 Å². The van der Waals surface area contributed by atoms with Crippen LogP contribution in [-0.4, -0.2) is 52.8 Å². The molecule has 1 aliphatic heterocycles. The van der Waals surface area contributed by atoms with Crippen LogP contribution in [0.5, 0.6) is 0 Å². The standard InChI is InChI=1S/C19H19N3O2S2/c1-13-20-18(25-12-17(23)22-7-9-24-10-8-22)15-11-16(26-19(15)21-13)14-5-3-2-4-6-14/h2-6,11H,7-10,12H2,1H3. The number of hydrogen-bond donors (Lipinski definition) is 0. The Morgan fingerprint density at radius 3 is 2.77 bits per heavy atom. The lowest BCUT2D eigenvalue weighted by Crippen LogP contribution is -2.41. The summed E-state index contributed by atoms with van der Waals surface area (Å²) in [5.41, 5.74) is 1.17. The van der Waals surface area contributed by atoms with E-state index in [9.17, 15) is 4.79 Å². The monoisotopic (exact) mass is 385 g/mol. The highest BCUT2D eigenvalue weighted by molar-refractivity contribution is 8.00. The minimum atomic E-state index is 0.140. The number of aromatic nitrogens is 2. The molecule has 0 radical (unpaired) electrons. The van der Waals surface area contributed by atoms with E-state index in [0.29, 0.717) is 32.1 Å². The molecule has 1 amide bonds. The van der Waals surface area contributed by atoms with Crippen LogP contribution in [0.2, 0.25) is 0 Å². The summed E-state index contributed by atoms with van der Waals surface area (Å²) < 4.78 is 5.31. The van der Waals surface area contributed by atoms with Gasteiger partial charge in [0, 0.05) is 23.4 Å². The minimum Gasteiger partial charge on any atom is -0.378 e. The summed E-state index contributed by atoms with van der Waals surface area (Å²) in [6.07, 6.45) is 0. The van der Waals surface area contributed by atoms with Gasteiger partial charge >= 0.3 is 0 Å². The first-order valence-electron chi connectivity index (χ1n) is 8.52. The molecule has 3 heterocycles. The van der Waals surface area contributed by atoms with Crippen LogP contribution in [0.25, 0.3) is 20.7 Å². The van der Waals surface area contributed by atoms with Crippen LogP contribution in [0.15, 0.2) is 41.4 Å². The molecule has 5 nitrogen and oxygen atoms in total. The fourth-order valence-electron chi connectivity index (χ4n) is 2.89. The number of fused-ring (bicyclic) bond motifs is 1. The van der Waals surface area contributed by atoms with Gasteiger partial charge in [-0.05, 0) is 18.6 Å². The van der Waals surface area contributed by atoms with Crippen molar-refractivity contribution >= 4 is 39.2 Å². The molecule has 1 fully saturated rings. The van der Waals surface area contributed by atoms with E-state index >= 15 is 0 Å². The van der Waals surface area contributed by atoms with Gasteiger partial charge in [-0.1, -0.05) is 42.1 Å². The van der Waals surface area contributed by atoms with Gasteiger partial charge in [0.05, 0.1) is 19.0 Å². The van der Waals surface area contributed by atoms with Crippen molar-refractivity contribution in [3.8, 4) is 10.4 Å². The van der Waals surface area contributed by atoms with E-state index in [4.69, 9.17) is 4.74 Å². The Balaban J connectivity index is 1.58. The van der Waals surface area contributed by atoms with E-state index < -0.39 is 0 Å². The second-order valence-electron chi connectivity index (χ2n) is 6.05. The zero-order valence-corrected chi connectivity index (χ0v) is 16.1. The van der Waals surface area contributed by atoms with Crippen molar-refractivity contribution in [3.05, 3.63) is 42.2 Å². The Labute approximate surface area is 160 Å². The Bertz CT molecular complexity index is 921. The van der Waals surface area contributed by atoms with Crippen LogP contribution in [0, 0.1) is 6.92 Å². The van der Waals surface area contributed by atoms with E-state index in [1.165, 1.54) is 22.2 Å². The summed E-state index contributed by atoms with van der Waals surface area (Å²) >= 11 is 3.16. The van der Waals surface area contributed by atoms with Crippen molar-refractivity contribution in [1.29, 1.82) is 0 Å². The fraction of sp³-hybridized carbons (Fsp3) is 0.316. The molecule has 134 valence electrons. The number of carbonyl (C=O) groups is 1. The van der Waals surface area contributed by atoms with Crippen LogP contribution in [0.1, 0.15) is 5.82 Å². The zero-order valence-electron chi connectivity index (χ0n) is 14.5. The number of aryl methyl sites for hydroxylation is 1. The van der Waals surface area contributed by atoms with Gasteiger partial charge in [0.15, 0.2) is 0 Å². The first kappa shape index (κ1) is 17.5. The summed E-state index contributed by atoms with van der Waals surface area (Å²) in [4.78, 5) is 25.6. The molecular weight excluding hydrogens is 366 g/mol. The molecule has 4 rings (SSSR count). The number of hydrogen-bond acceptors (Lipinski definition) is 6. The number of rotatable bonds is 4. The molecule has 0 saturated carbocycles. The predicted octanol–water partition coefficient (Wildman–Crippen LogP) is 3.62. The second-order valence-corrected chi connectivity index (χ2v) is 8.05. The molecule has 1 aliphatic rings. The molecule has 0 bridgehead atoms. The molecule has 0 N–H and O–H groups in total. The number of ether oxygens (including phenoxy) is 1. The van der Waals surface area contributed by atoms with Crippen molar-refractivity contribution in [1.82, 2.24) is 14.9 Å². The predicted molar refractivity (Wildman–Crippen MR) is 106 cm³/mol. The van der Waals surface area contributed by atoms with E-state index in [2.05, 4.69) is 28.2 Å². The van der Waals surface area contributed by atoms with Gasteiger partial charge in [0.25, 0.3) is 0 Å². The lowest BCUT2D eigenvalue weighted by molar-refractivity contribution is -0.132. The van der Waals surface area contributed by atoms with Gasteiger partial charge in [0.2, 0.25) is 5.91 Å². The Morgan fingerprint density at radius 2 is 2.00 bits per heavy atom. The molecular formula is C19H19N3O2S2. The largest absolute Gasteiger partial charge is 0.378 e. The Hall–Kier alpha value is -1.96. The lowest BCUT2D eigenvalue weighted by atomic mass is 10.2. The minimum absolute atomic E-state index is 0.140. The van der Waals surface area contributed by atoms with Crippen LogP contribution >= 0.6 is 23.1 Å². The van der Waals surface area contributed by atoms with Crippen molar-refractivity contribution < 1.29 is 9.53 Å². The molecule has 0 atom stereocenters. The molecule has 26 heavy (non-hydrogen) atoms. The Kier molecular flexibility index (Phi) is 5.19. The number of thioether (sulfide) groups is 1. The maximum absolute atomic E-state index is 12.4. The van der Waals surface area contributed by atoms with Crippen LogP contribution in [0.3, 0.4) is 0 Å². The number of nitrogens with zero attached hydrogens (tertiary/aromatic N) is 3. The second kappa shape index (κ2) is 7.73. The maximum atomic E-state index is 12.4. The van der Waals surface area contributed by atoms with Gasteiger partial charge < -0.3 is 9.64 Å². The topological polar surface area (TPSA) is 55.3 Å². The average molecular weight is 386 g/mol. The van der Waals surface area contributed by atoms with Crippen molar-refractivity contribution in [3.63, 3.8) is 0 Å². The molecule has 1 saturated heterocycles. The quantitative estimate of drug-likeness (QED) is 0.507. The summed E-state index contributed by atoms with van der Waals surface area (Å²) in [5.74, 6) is 1.27. The van der Waals surface area contributed by atoms with Gasteiger partial charge in [-0.15, -0.1) is 11.3 Å². The molecule has 0 unspecified atom stereocenters. The Morgan fingerprint density at radius 1 is 1.23 bits per heavy atom. The third-order valence-electron chi connectivity index (χ3n) is 4.22. The first-order valence-corrected chi connectivity index (χ1v) is 10.3. The molecule has 3 aromatic rings. The average Bonchev–Trinajstić information content (AvgIpc) is 3.11. The van der Waals surface area contributed by atoms with Crippen LogP contribution in [0.4, 0.5) is 0 Å². The van der Waals surface area contributed by atoms with Gasteiger partial charge in [-0.25, -0.2) is 9.97 Å². The van der Waals surface area contributed by atoms with Crippen LogP contribution < -0.4 is 0 Å². The van der Waals surface area contributed by atoms with Gasteiger partial charge in [-0.2, -0.15) is 0 Å². The van der Waals surface area contributed by atoms with E-state index in [0.717, 1.165) is 21.1 Å². The molecule has 1 aromatic carbocycles. The lowest BCUT2D eigenvalue weighted by Gasteiger charge is -2.26. The summed E-state index contributed by atoms with van der Waals surface area (Å²) in [6, 6.07) is 12.4. The number of morpholine rings is 1. The highest BCUT2D eigenvalue weighted by Crippen LogP contribution is 2.36. The third-order valence-corrected chi connectivity index (χ3v) is 6.28. The third kappa shape index (κ3) is 3.75. The number of benzene rings is 1. The normalized spacial score (nSPS) is 14.7. The molecule has 0 spiro atoms. The molecule has 7 heteroatoms. The van der Waals surface area contributed by atoms with Gasteiger partial charge in [-0.3, -0.25) is 4.79 Å².